The van der Waals surface area contributed by atoms with Crippen molar-refractivity contribution in [1.82, 2.24) is 5.32 Å². The van der Waals surface area contributed by atoms with Gasteiger partial charge in [0.05, 0.1) is 33.4 Å². The van der Waals surface area contributed by atoms with E-state index in [-0.39, 0.29) is 5.91 Å². The molecular formula is C18H19NO3S. The van der Waals surface area contributed by atoms with E-state index in [0.29, 0.717) is 22.6 Å². The number of carbonyl (C=O) groups excluding carboxylic acids is 1. The van der Waals surface area contributed by atoms with E-state index < -0.39 is 22.9 Å². The summed E-state index contributed by atoms with van der Waals surface area (Å²) in [5.41, 5.74) is 2.41. The van der Waals surface area contributed by atoms with Gasteiger partial charge in [-0.2, -0.15) is 0 Å². The van der Waals surface area contributed by atoms with E-state index in [2.05, 4.69) is 5.32 Å². The Labute approximate surface area is 138 Å². The molecule has 0 spiro atoms. The van der Waals surface area contributed by atoms with Crippen LogP contribution in [0.4, 0.5) is 0 Å². The van der Waals surface area contributed by atoms with Gasteiger partial charge in [-0.05, 0) is 23.3 Å². The van der Waals surface area contributed by atoms with Gasteiger partial charge in [-0.25, -0.2) is 0 Å². The predicted molar refractivity (Wildman–Crippen MR) is 89.8 cm³/mol. The smallest absolute Gasteiger partial charge is 0.253 e. The van der Waals surface area contributed by atoms with Crippen LogP contribution in [0.15, 0.2) is 53.4 Å². The van der Waals surface area contributed by atoms with E-state index >= 15 is 0 Å². The van der Waals surface area contributed by atoms with Gasteiger partial charge in [0, 0.05) is 12.2 Å². The fourth-order valence-corrected chi connectivity index (χ4v) is 3.92. The zero-order valence-corrected chi connectivity index (χ0v) is 13.7. The summed E-state index contributed by atoms with van der Waals surface area (Å²) < 4.78 is 12.1. The summed E-state index contributed by atoms with van der Waals surface area (Å²) >= 11 is 0. The molecule has 0 fully saturated rings. The molecule has 4 nitrogen and oxygen atoms in total. The molecule has 2 N–H and O–H groups in total. The van der Waals surface area contributed by atoms with Crippen LogP contribution in [0.25, 0.3) is 0 Å². The molecule has 5 heteroatoms. The Bertz CT molecular complexity index is 759. The van der Waals surface area contributed by atoms with Crippen molar-refractivity contribution >= 4 is 16.7 Å². The normalized spacial score (nSPS) is 20.8. The Hall–Kier alpha value is -1.98. The molecule has 2 aromatic rings. The van der Waals surface area contributed by atoms with Gasteiger partial charge in [-0.1, -0.05) is 43.3 Å². The zero-order chi connectivity index (χ0) is 16.4. The van der Waals surface area contributed by atoms with Crippen LogP contribution in [-0.4, -0.2) is 27.1 Å². The van der Waals surface area contributed by atoms with E-state index in [1.54, 1.807) is 24.3 Å². The van der Waals surface area contributed by atoms with Crippen LogP contribution in [0.3, 0.4) is 0 Å². The second kappa shape index (κ2) is 6.64. The summed E-state index contributed by atoms with van der Waals surface area (Å²) in [6, 6.07) is 14.2. The molecule has 3 rings (SSSR count). The fourth-order valence-electron chi connectivity index (χ4n) is 2.98. The Kier molecular flexibility index (Phi) is 4.59. The molecule has 1 aliphatic rings. The van der Waals surface area contributed by atoms with Crippen LogP contribution in [0, 0.1) is 0 Å². The number of benzene rings is 2. The average Bonchev–Trinajstić information content (AvgIpc) is 2.90. The van der Waals surface area contributed by atoms with Gasteiger partial charge in [0.15, 0.2) is 0 Å². The topological polar surface area (TPSA) is 66.4 Å². The summed E-state index contributed by atoms with van der Waals surface area (Å²) in [4.78, 5) is 13.2. The molecule has 0 saturated carbocycles. The number of amides is 1. The first-order chi connectivity index (χ1) is 11.1. The van der Waals surface area contributed by atoms with Crippen LogP contribution in [0.2, 0.25) is 0 Å². The highest BCUT2D eigenvalue weighted by Crippen LogP contribution is 2.31. The molecule has 0 unspecified atom stereocenters. The van der Waals surface area contributed by atoms with Crippen molar-refractivity contribution in [3.05, 3.63) is 65.2 Å². The minimum atomic E-state index is -1.20. The van der Waals surface area contributed by atoms with E-state index in [1.807, 2.05) is 31.2 Å². The fraction of sp³-hybridized carbons (Fsp3) is 0.278. The second-order valence-corrected chi connectivity index (χ2v) is 7.26. The maximum atomic E-state index is 12.6. The first kappa shape index (κ1) is 15.9. The summed E-state index contributed by atoms with van der Waals surface area (Å²) in [7, 11) is -1.20. The first-order valence-electron chi connectivity index (χ1n) is 7.66. The van der Waals surface area contributed by atoms with Crippen molar-refractivity contribution < 1.29 is 14.1 Å². The van der Waals surface area contributed by atoms with Crippen molar-refractivity contribution in [3.63, 3.8) is 0 Å². The maximum Gasteiger partial charge on any atom is 0.253 e. The number of aliphatic hydroxyl groups is 1. The van der Waals surface area contributed by atoms with Crippen molar-refractivity contribution in [2.75, 3.05) is 5.75 Å². The standard InChI is InChI=1S/C18H19NO3S/c1-2-23(22)16-10-6-5-9-14(16)18(21)19-17-13-8-4-3-7-12(13)11-15(17)20/h3-10,15,17,20H,2,11H2,1H3,(H,19,21)/t15-,17+,23-/m0/s1. The van der Waals surface area contributed by atoms with Crippen LogP contribution in [-0.2, 0) is 17.2 Å². The van der Waals surface area contributed by atoms with Crippen molar-refractivity contribution in [2.45, 2.75) is 30.4 Å². The van der Waals surface area contributed by atoms with Gasteiger partial charge < -0.3 is 10.4 Å². The van der Waals surface area contributed by atoms with Gasteiger partial charge in [0.1, 0.15) is 0 Å². The number of aliphatic hydroxyl groups excluding tert-OH is 1. The molecule has 0 radical (unpaired) electrons. The van der Waals surface area contributed by atoms with Crippen molar-refractivity contribution in [1.29, 1.82) is 0 Å². The molecule has 3 atom stereocenters. The Balaban J connectivity index is 1.87. The monoisotopic (exact) mass is 329 g/mol. The van der Waals surface area contributed by atoms with Gasteiger partial charge in [-0.15, -0.1) is 0 Å². The number of carbonyl (C=O) groups is 1. The van der Waals surface area contributed by atoms with Gasteiger partial charge in [0.2, 0.25) is 0 Å². The largest absolute Gasteiger partial charge is 0.390 e. The molecular weight excluding hydrogens is 310 g/mol. The molecule has 0 heterocycles. The average molecular weight is 329 g/mol. The van der Waals surface area contributed by atoms with E-state index in [0.717, 1.165) is 11.1 Å². The van der Waals surface area contributed by atoms with Crippen molar-refractivity contribution in [2.24, 2.45) is 0 Å². The third-order valence-electron chi connectivity index (χ3n) is 4.13. The first-order valence-corrected chi connectivity index (χ1v) is 8.98. The maximum absolute atomic E-state index is 12.6. The molecule has 1 aliphatic carbocycles. The number of hydrogen-bond acceptors (Lipinski definition) is 3. The minimum Gasteiger partial charge on any atom is -0.390 e. The summed E-state index contributed by atoms with van der Waals surface area (Å²) in [5.74, 6) is 0.155. The zero-order valence-electron chi connectivity index (χ0n) is 12.9. The molecule has 0 bridgehead atoms. The van der Waals surface area contributed by atoms with E-state index in [4.69, 9.17) is 0 Å². The lowest BCUT2D eigenvalue weighted by Gasteiger charge is -2.19. The van der Waals surface area contributed by atoms with Gasteiger partial charge in [-0.3, -0.25) is 9.00 Å². The van der Waals surface area contributed by atoms with Crippen LogP contribution >= 0.6 is 0 Å². The molecule has 0 aliphatic heterocycles. The molecule has 1 amide bonds. The number of hydrogen-bond donors (Lipinski definition) is 2. The predicted octanol–water partition coefficient (Wildman–Crippen LogP) is 2.20. The van der Waals surface area contributed by atoms with E-state index in [1.165, 1.54) is 0 Å². The molecule has 120 valence electrons. The Morgan fingerprint density at radius 3 is 2.70 bits per heavy atom. The third kappa shape index (κ3) is 3.07. The Morgan fingerprint density at radius 1 is 1.22 bits per heavy atom. The van der Waals surface area contributed by atoms with Crippen LogP contribution < -0.4 is 5.32 Å². The van der Waals surface area contributed by atoms with E-state index in [9.17, 15) is 14.1 Å². The number of nitrogens with one attached hydrogen (secondary N) is 1. The highest BCUT2D eigenvalue weighted by Gasteiger charge is 2.32. The lowest BCUT2D eigenvalue weighted by atomic mass is 10.1. The second-order valence-electron chi connectivity index (χ2n) is 5.55. The summed E-state index contributed by atoms with van der Waals surface area (Å²) in [6.45, 7) is 1.82. The van der Waals surface area contributed by atoms with Gasteiger partial charge >= 0.3 is 0 Å². The lowest BCUT2D eigenvalue weighted by molar-refractivity contribution is 0.0855. The molecule has 2 aromatic carbocycles. The number of fused-ring (bicyclic) bond motifs is 1. The third-order valence-corrected chi connectivity index (χ3v) is 5.50. The van der Waals surface area contributed by atoms with Crippen molar-refractivity contribution in [3.8, 4) is 0 Å². The molecule has 0 saturated heterocycles. The number of rotatable bonds is 4. The van der Waals surface area contributed by atoms with Gasteiger partial charge in [0.25, 0.3) is 5.91 Å². The summed E-state index contributed by atoms with van der Waals surface area (Å²) in [6.07, 6.45) is -0.107. The Morgan fingerprint density at radius 2 is 1.91 bits per heavy atom. The highest BCUT2D eigenvalue weighted by atomic mass is 32.2. The summed E-state index contributed by atoms with van der Waals surface area (Å²) in [5, 5.41) is 13.2. The minimum absolute atomic E-state index is 0.303. The lowest BCUT2D eigenvalue weighted by Crippen LogP contribution is -2.34. The molecule has 23 heavy (non-hydrogen) atoms. The molecule has 0 aromatic heterocycles. The van der Waals surface area contributed by atoms with Crippen LogP contribution in [0.5, 0.6) is 0 Å². The van der Waals surface area contributed by atoms with Crippen LogP contribution in [0.1, 0.15) is 34.5 Å². The quantitative estimate of drug-likeness (QED) is 0.904. The highest BCUT2D eigenvalue weighted by molar-refractivity contribution is 7.85. The SMILES string of the molecule is CC[S@](=O)c1ccccc1C(=O)N[C@@H]1c2ccccc2C[C@@H]1O.